The maximum atomic E-state index is 12.9. The summed E-state index contributed by atoms with van der Waals surface area (Å²) < 4.78 is 19.8. The predicted molar refractivity (Wildman–Crippen MR) is 84.2 cm³/mol. The zero-order chi connectivity index (χ0) is 14.7. The van der Waals surface area contributed by atoms with Crippen LogP contribution in [0.5, 0.6) is 5.75 Å². The van der Waals surface area contributed by atoms with Crippen LogP contribution in [-0.2, 0) is 0 Å². The summed E-state index contributed by atoms with van der Waals surface area (Å²) >= 11 is 3.54. The van der Waals surface area contributed by atoms with E-state index < -0.39 is 0 Å². The first-order valence-electron chi connectivity index (χ1n) is 7.00. The number of rotatable bonds is 3. The summed E-state index contributed by atoms with van der Waals surface area (Å²) in [5.74, 6) is 1.48. The van der Waals surface area contributed by atoms with Crippen molar-refractivity contribution in [3.63, 3.8) is 0 Å². The van der Waals surface area contributed by atoms with Crippen molar-refractivity contribution in [2.24, 2.45) is 0 Å². The minimum absolute atomic E-state index is 0.175. The molecule has 21 heavy (non-hydrogen) atoms. The molecule has 0 spiro atoms. The first-order valence-corrected chi connectivity index (χ1v) is 7.79. The molecule has 0 N–H and O–H groups in total. The van der Waals surface area contributed by atoms with E-state index in [2.05, 4.69) is 25.8 Å². The molecule has 1 aliphatic heterocycles. The summed E-state index contributed by atoms with van der Waals surface area (Å²) in [6, 6.07) is 10.1. The molecule has 0 aliphatic carbocycles. The van der Waals surface area contributed by atoms with E-state index >= 15 is 0 Å². The van der Waals surface area contributed by atoms with Gasteiger partial charge in [-0.25, -0.2) is 9.37 Å². The fourth-order valence-electron chi connectivity index (χ4n) is 2.50. The number of halogens is 2. The molecule has 0 saturated carbocycles. The zero-order valence-corrected chi connectivity index (χ0v) is 13.1. The molecule has 0 radical (unpaired) electrons. The number of pyridine rings is 1. The van der Waals surface area contributed by atoms with E-state index in [1.54, 1.807) is 18.3 Å². The van der Waals surface area contributed by atoms with E-state index in [-0.39, 0.29) is 11.9 Å². The number of hydrogen-bond donors (Lipinski definition) is 0. The number of benzene rings is 1. The summed E-state index contributed by atoms with van der Waals surface area (Å²) in [4.78, 5) is 6.68. The third-order valence-electron chi connectivity index (χ3n) is 3.60. The van der Waals surface area contributed by atoms with Gasteiger partial charge >= 0.3 is 0 Å². The Bertz CT molecular complexity index is 597. The molecule has 0 atom stereocenters. The lowest BCUT2D eigenvalue weighted by atomic mass is 10.1. The van der Waals surface area contributed by atoms with Crippen LogP contribution in [0.4, 0.5) is 10.2 Å². The van der Waals surface area contributed by atoms with Gasteiger partial charge in [0.25, 0.3) is 0 Å². The number of aromatic nitrogens is 1. The Morgan fingerprint density at radius 3 is 2.52 bits per heavy atom. The van der Waals surface area contributed by atoms with Gasteiger partial charge in [0, 0.05) is 32.1 Å². The Hall–Kier alpha value is -1.62. The standard InChI is InChI=1S/C16H16BrFN2O/c17-15-2-1-9-19-16(15)20-10-7-14(8-11-20)21-13-5-3-12(18)4-6-13/h1-6,9,14H,7-8,10-11H2. The Kier molecular flexibility index (Phi) is 4.39. The number of ether oxygens (including phenoxy) is 1. The number of nitrogens with zero attached hydrogens (tertiary/aromatic N) is 2. The molecule has 0 unspecified atom stereocenters. The summed E-state index contributed by atoms with van der Waals surface area (Å²) in [5.41, 5.74) is 0. The van der Waals surface area contributed by atoms with Crippen LogP contribution in [0.1, 0.15) is 12.8 Å². The Morgan fingerprint density at radius 2 is 1.86 bits per heavy atom. The molecule has 1 aliphatic rings. The average Bonchev–Trinajstić information content (AvgIpc) is 2.51. The van der Waals surface area contributed by atoms with E-state index in [0.29, 0.717) is 0 Å². The molecule has 110 valence electrons. The molecule has 1 aromatic heterocycles. The molecule has 2 aromatic rings. The first-order chi connectivity index (χ1) is 10.2. The van der Waals surface area contributed by atoms with Crippen molar-refractivity contribution >= 4 is 21.7 Å². The normalized spacial score (nSPS) is 16.0. The maximum Gasteiger partial charge on any atom is 0.142 e. The van der Waals surface area contributed by atoms with Crippen LogP contribution >= 0.6 is 15.9 Å². The van der Waals surface area contributed by atoms with Gasteiger partial charge in [-0.2, -0.15) is 0 Å². The van der Waals surface area contributed by atoms with Crippen LogP contribution < -0.4 is 9.64 Å². The highest BCUT2D eigenvalue weighted by molar-refractivity contribution is 9.10. The first kappa shape index (κ1) is 14.3. The van der Waals surface area contributed by atoms with E-state index in [9.17, 15) is 4.39 Å². The smallest absolute Gasteiger partial charge is 0.142 e. The number of anilines is 1. The molecule has 3 rings (SSSR count). The lowest BCUT2D eigenvalue weighted by Gasteiger charge is -2.33. The van der Waals surface area contributed by atoms with Crippen molar-refractivity contribution in [3.05, 3.63) is 52.9 Å². The van der Waals surface area contributed by atoms with Crippen LogP contribution in [0.3, 0.4) is 0 Å². The van der Waals surface area contributed by atoms with E-state index in [0.717, 1.165) is 42.0 Å². The minimum Gasteiger partial charge on any atom is -0.490 e. The second-order valence-electron chi connectivity index (χ2n) is 5.07. The average molecular weight is 351 g/mol. The van der Waals surface area contributed by atoms with Crippen LogP contribution in [-0.4, -0.2) is 24.2 Å². The van der Waals surface area contributed by atoms with Gasteiger partial charge < -0.3 is 9.64 Å². The number of piperidine rings is 1. The Balaban J connectivity index is 1.58. The lowest BCUT2D eigenvalue weighted by molar-refractivity contribution is 0.170. The van der Waals surface area contributed by atoms with Crippen LogP contribution in [0.25, 0.3) is 0 Å². The van der Waals surface area contributed by atoms with Gasteiger partial charge in [-0.05, 0) is 52.3 Å². The number of hydrogen-bond acceptors (Lipinski definition) is 3. The predicted octanol–water partition coefficient (Wildman–Crippen LogP) is 4.03. The van der Waals surface area contributed by atoms with Gasteiger partial charge in [0.1, 0.15) is 23.5 Å². The van der Waals surface area contributed by atoms with Crippen molar-refractivity contribution < 1.29 is 9.13 Å². The SMILES string of the molecule is Fc1ccc(OC2CCN(c3ncccc3Br)CC2)cc1. The summed E-state index contributed by atoms with van der Waals surface area (Å²) in [6.07, 6.45) is 3.84. The van der Waals surface area contributed by atoms with Crippen molar-refractivity contribution in [2.75, 3.05) is 18.0 Å². The summed E-state index contributed by atoms with van der Waals surface area (Å²) in [5, 5.41) is 0. The third-order valence-corrected chi connectivity index (χ3v) is 4.22. The van der Waals surface area contributed by atoms with Crippen LogP contribution in [0.2, 0.25) is 0 Å². The molecule has 3 nitrogen and oxygen atoms in total. The van der Waals surface area contributed by atoms with Gasteiger partial charge in [0.05, 0.1) is 4.47 Å². The molecular formula is C16H16BrFN2O. The highest BCUT2D eigenvalue weighted by atomic mass is 79.9. The van der Waals surface area contributed by atoms with Gasteiger partial charge in [-0.1, -0.05) is 0 Å². The van der Waals surface area contributed by atoms with Crippen molar-refractivity contribution in [2.45, 2.75) is 18.9 Å². The molecular weight excluding hydrogens is 335 g/mol. The highest BCUT2D eigenvalue weighted by Gasteiger charge is 2.22. The Morgan fingerprint density at radius 1 is 1.14 bits per heavy atom. The van der Waals surface area contributed by atoms with Gasteiger partial charge in [0.2, 0.25) is 0 Å². The van der Waals surface area contributed by atoms with Crippen molar-refractivity contribution in [1.29, 1.82) is 0 Å². The van der Waals surface area contributed by atoms with Crippen LogP contribution in [0.15, 0.2) is 47.1 Å². The molecule has 2 heterocycles. The highest BCUT2D eigenvalue weighted by Crippen LogP contribution is 2.27. The molecule has 0 bridgehead atoms. The molecule has 1 saturated heterocycles. The largest absolute Gasteiger partial charge is 0.490 e. The van der Waals surface area contributed by atoms with Crippen molar-refractivity contribution in [1.82, 2.24) is 4.98 Å². The van der Waals surface area contributed by atoms with E-state index in [1.165, 1.54) is 12.1 Å². The zero-order valence-electron chi connectivity index (χ0n) is 11.5. The maximum absolute atomic E-state index is 12.9. The summed E-state index contributed by atoms with van der Waals surface area (Å²) in [7, 11) is 0. The fraction of sp³-hybridized carbons (Fsp3) is 0.312. The van der Waals surface area contributed by atoms with Gasteiger partial charge in [-0.15, -0.1) is 0 Å². The van der Waals surface area contributed by atoms with Crippen LogP contribution in [0, 0.1) is 5.82 Å². The fourth-order valence-corrected chi connectivity index (χ4v) is 3.01. The quantitative estimate of drug-likeness (QED) is 0.835. The lowest BCUT2D eigenvalue weighted by Crippen LogP contribution is -2.38. The minimum atomic E-state index is -0.239. The Labute approximate surface area is 131 Å². The molecule has 1 aromatic carbocycles. The molecule has 5 heteroatoms. The summed E-state index contributed by atoms with van der Waals surface area (Å²) in [6.45, 7) is 1.81. The molecule has 1 fully saturated rings. The topological polar surface area (TPSA) is 25.4 Å². The van der Waals surface area contributed by atoms with Gasteiger partial charge in [0.15, 0.2) is 0 Å². The van der Waals surface area contributed by atoms with E-state index in [1.807, 2.05) is 12.1 Å². The second kappa shape index (κ2) is 6.43. The van der Waals surface area contributed by atoms with Crippen molar-refractivity contribution in [3.8, 4) is 5.75 Å². The molecule has 0 amide bonds. The monoisotopic (exact) mass is 350 g/mol. The van der Waals surface area contributed by atoms with E-state index in [4.69, 9.17) is 4.74 Å². The third kappa shape index (κ3) is 3.53. The second-order valence-corrected chi connectivity index (χ2v) is 5.92. The van der Waals surface area contributed by atoms with Gasteiger partial charge in [-0.3, -0.25) is 0 Å².